The Balaban J connectivity index is 2.96. The lowest BCUT2D eigenvalue weighted by Gasteiger charge is -2.02. The van der Waals surface area contributed by atoms with Gasteiger partial charge in [0.25, 0.3) is 0 Å². The molecular formula is C7H16N2O2S2. The number of rotatable bonds is 8. The number of aliphatic hydroxyl groups excluding tert-OH is 1. The number of hydrogen-bond donors (Lipinski definition) is 3. The molecule has 1 atom stereocenters. The Kier molecular flexibility index (Phi) is 8.74. The fraction of sp³-hybridized carbons (Fsp3) is 0.857. The van der Waals surface area contributed by atoms with Gasteiger partial charge in [0.15, 0.2) is 0 Å². The normalized spacial score (nSPS) is 12.8. The van der Waals surface area contributed by atoms with Gasteiger partial charge < -0.3 is 16.6 Å². The largest absolute Gasteiger partial charge is 0.379 e. The van der Waals surface area contributed by atoms with Crippen LogP contribution in [0.3, 0.4) is 0 Å². The molecule has 0 spiro atoms. The predicted octanol–water partition coefficient (Wildman–Crippen LogP) is 0.300. The van der Waals surface area contributed by atoms with E-state index >= 15 is 0 Å². The zero-order valence-corrected chi connectivity index (χ0v) is 9.07. The Labute approximate surface area is 86.2 Å². The highest BCUT2D eigenvalue weighted by atomic mass is 33.1. The molecule has 0 aromatic heterocycles. The fourth-order valence-corrected chi connectivity index (χ4v) is 2.73. The Morgan fingerprint density at radius 3 is 2.54 bits per heavy atom. The number of amides is 1. The summed E-state index contributed by atoms with van der Waals surface area (Å²) < 4.78 is 0. The Morgan fingerprint density at radius 2 is 2.00 bits per heavy atom. The zero-order chi connectivity index (χ0) is 10.1. The quantitative estimate of drug-likeness (QED) is 0.313. The zero-order valence-electron chi connectivity index (χ0n) is 7.44. The smallest absolute Gasteiger partial charge is 0.218 e. The lowest BCUT2D eigenvalue weighted by atomic mass is 10.3. The van der Waals surface area contributed by atoms with Crippen LogP contribution in [-0.4, -0.2) is 28.7 Å². The maximum atomic E-state index is 10.3. The van der Waals surface area contributed by atoms with Gasteiger partial charge in [0.05, 0.1) is 0 Å². The molecule has 0 aromatic carbocycles. The summed E-state index contributed by atoms with van der Waals surface area (Å²) in [6.07, 6.45) is 1.25. The molecule has 78 valence electrons. The lowest BCUT2D eigenvalue weighted by molar-refractivity contribution is -0.117. The van der Waals surface area contributed by atoms with Gasteiger partial charge in [-0.2, -0.15) is 0 Å². The van der Waals surface area contributed by atoms with Gasteiger partial charge in [-0.15, -0.1) is 0 Å². The predicted molar refractivity (Wildman–Crippen MR) is 58.2 cm³/mol. The average Bonchev–Trinajstić information content (AvgIpc) is 2.01. The van der Waals surface area contributed by atoms with Crippen molar-refractivity contribution in [1.82, 2.24) is 0 Å². The van der Waals surface area contributed by atoms with E-state index in [9.17, 15) is 4.79 Å². The Morgan fingerprint density at radius 1 is 1.38 bits per heavy atom. The van der Waals surface area contributed by atoms with E-state index in [0.717, 1.165) is 17.9 Å². The summed E-state index contributed by atoms with van der Waals surface area (Å²) in [5.74, 6) is 1.44. The number of hydrogen-bond acceptors (Lipinski definition) is 5. The van der Waals surface area contributed by atoms with Crippen molar-refractivity contribution in [3.63, 3.8) is 0 Å². The summed E-state index contributed by atoms with van der Waals surface area (Å²) >= 11 is 0. The molecule has 0 bridgehead atoms. The molecule has 1 unspecified atom stereocenters. The van der Waals surface area contributed by atoms with Crippen molar-refractivity contribution in [2.75, 3.05) is 11.5 Å². The van der Waals surface area contributed by atoms with Crippen LogP contribution in [0.2, 0.25) is 0 Å². The summed E-state index contributed by atoms with van der Waals surface area (Å²) in [6.45, 7) is 0. The third kappa shape index (κ3) is 12.1. The van der Waals surface area contributed by atoms with E-state index in [-0.39, 0.29) is 5.91 Å². The molecule has 0 rings (SSSR count). The summed E-state index contributed by atoms with van der Waals surface area (Å²) in [4.78, 5) is 10.3. The van der Waals surface area contributed by atoms with Gasteiger partial charge in [-0.3, -0.25) is 4.79 Å². The molecule has 13 heavy (non-hydrogen) atoms. The van der Waals surface area contributed by atoms with Crippen molar-refractivity contribution < 1.29 is 9.90 Å². The molecule has 1 amide bonds. The SMILES string of the molecule is NC(=O)CCSSCCCC(N)O. The van der Waals surface area contributed by atoms with E-state index in [2.05, 4.69) is 0 Å². The van der Waals surface area contributed by atoms with Gasteiger partial charge >= 0.3 is 0 Å². The number of primary amides is 1. The first-order chi connectivity index (χ1) is 6.13. The van der Waals surface area contributed by atoms with Gasteiger partial charge in [0, 0.05) is 17.9 Å². The van der Waals surface area contributed by atoms with Crippen molar-refractivity contribution in [1.29, 1.82) is 0 Å². The third-order valence-corrected chi connectivity index (χ3v) is 3.74. The van der Waals surface area contributed by atoms with Crippen molar-refractivity contribution in [2.24, 2.45) is 11.5 Å². The molecule has 0 radical (unpaired) electrons. The summed E-state index contributed by atoms with van der Waals surface area (Å²) in [6, 6.07) is 0. The second kappa shape index (κ2) is 8.68. The highest BCUT2D eigenvalue weighted by Crippen LogP contribution is 2.22. The molecule has 6 heteroatoms. The molecule has 0 fully saturated rings. The minimum absolute atomic E-state index is 0.259. The van der Waals surface area contributed by atoms with Crippen LogP contribution in [-0.2, 0) is 4.79 Å². The highest BCUT2D eigenvalue weighted by molar-refractivity contribution is 8.76. The van der Waals surface area contributed by atoms with Gasteiger partial charge in [0.2, 0.25) is 5.91 Å². The monoisotopic (exact) mass is 224 g/mol. The average molecular weight is 224 g/mol. The fourth-order valence-electron chi connectivity index (χ4n) is 0.612. The van der Waals surface area contributed by atoms with E-state index in [1.807, 2.05) is 0 Å². The third-order valence-electron chi connectivity index (χ3n) is 1.24. The Hall–Kier alpha value is 0.0900. The standard InChI is InChI=1S/C7H16N2O2S2/c8-6(10)2-1-4-12-13-5-3-7(9)11/h6,10H,1-5,8H2,(H2,9,11). The second-order valence-electron chi connectivity index (χ2n) is 2.57. The van der Waals surface area contributed by atoms with E-state index in [0.29, 0.717) is 12.8 Å². The van der Waals surface area contributed by atoms with E-state index in [1.54, 1.807) is 21.6 Å². The minimum Gasteiger partial charge on any atom is -0.379 e. The minimum atomic E-state index is -0.698. The van der Waals surface area contributed by atoms with Crippen molar-refractivity contribution in [3.05, 3.63) is 0 Å². The number of carbonyl (C=O) groups is 1. The van der Waals surface area contributed by atoms with Crippen LogP contribution in [0, 0.1) is 0 Å². The molecule has 0 heterocycles. The molecular weight excluding hydrogens is 208 g/mol. The van der Waals surface area contributed by atoms with E-state index in [4.69, 9.17) is 16.6 Å². The van der Waals surface area contributed by atoms with Crippen LogP contribution in [0.15, 0.2) is 0 Å². The van der Waals surface area contributed by atoms with E-state index < -0.39 is 6.23 Å². The van der Waals surface area contributed by atoms with Gasteiger partial charge in [-0.05, 0) is 12.8 Å². The maximum Gasteiger partial charge on any atom is 0.218 e. The molecule has 0 aliphatic carbocycles. The maximum absolute atomic E-state index is 10.3. The molecule has 0 aromatic rings. The van der Waals surface area contributed by atoms with Crippen LogP contribution in [0.4, 0.5) is 0 Å². The molecule has 0 saturated carbocycles. The summed E-state index contributed by atoms with van der Waals surface area (Å²) in [7, 11) is 3.31. The van der Waals surface area contributed by atoms with Crippen LogP contribution < -0.4 is 11.5 Å². The van der Waals surface area contributed by atoms with Crippen LogP contribution in [0.5, 0.6) is 0 Å². The first-order valence-corrected chi connectivity index (χ1v) is 6.58. The van der Waals surface area contributed by atoms with Crippen molar-refractivity contribution in [2.45, 2.75) is 25.5 Å². The molecule has 0 saturated heterocycles. The van der Waals surface area contributed by atoms with Crippen LogP contribution in [0.25, 0.3) is 0 Å². The highest BCUT2D eigenvalue weighted by Gasteiger charge is 1.97. The molecule has 0 aliphatic rings. The van der Waals surface area contributed by atoms with Gasteiger partial charge in [-0.25, -0.2) is 0 Å². The van der Waals surface area contributed by atoms with Gasteiger partial charge in [0.1, 0.15) is 6.23 Å². The molecule has 0 aliphatic heterocycles. The Bertz CT molecular complexity index is 144. The van der Waals surface area contributed by atoms with Crippen molar-refractivity contribution >= 4 is 27.5 Å². The topological polar surface area (TPSA) is 89.3 Å². The van der Waals surface area contributed by atoms with Crippen LogP contribution in [0.1, 0.15) is 19.3 Å². The first kappa shape index (κ1) is 13.1. The lowest BCUT2D eigenvalue weighted by Crippen LogP contribution is -2.18. The summed E-state index contributed by atoms with van der Waals surface area (Å²) in [5, 5.41) is 8.73. The van der Waals surface area contributed by atoms with Crippen LogP contribution >= 0.6 is 21.6 Å². The van der Waals surface area contributed by atoms with E-state index in [1.165, 1.54) is 0 Å². The number of aliphatic hydroxyl groups is 1. The molecule has 4 nitrogen and oxygen atoms in total. The molecule has 5 N–H and O–H groups in total. The number of nitrogens with two attached hydrogens (primary N) is 2. The first-order valence-electron chi connectivity index (χ1n) is 4.09. The van der Waals surface area contributed by atoms with Gasteiger partial charge in [-0.1, -0.05) is 21.6 Å². The second-order valence-corrected chi connectivity index (χ2v) is 5.27. The summed E-state index contributed by atoms with van der Waals surface area (Å²) in [5.41, 5.74) is 10.1. The number of carbonyl (C=O) groups excluding carboxylic acids is 1. The van der Waals surface area contributed by atoms with Crippen molar-refractivity contribution in [3.8, 4) is 0 Å².